The average molecular weight is 338 g/mol. The molecule has 0 bridgehead atoms. The van der Waals surface area contributed by atoms with Crippen molar-refractivity contribution in [3.63, 3.8) is 0 Å². The van der Waals surface area contributed by atoms with Gasteiger partial charge in [-0.25, -0.2) is 0 Å². The van der Waals surface area contributed by atoms with Gasteiger partial charge in [0.15, 0.2) is 5.78 Å². The first kappa shape index (κ1) is 15.2. The van der Waals surface area contributed by atoms with E-state index in [1.807, 2.05) is 32.0 Å². The number of Topliss-reactive ketones (excluding diaryl/α,β-unsaturated/α-hetero) is 1. The number of rotatable bonds is 3. The normalized spacial score (nSPS) is 15.9. The molecule has 0 saturated carbocycles. The zero-order chi connectivity index (χ0) is 14.9. The summed E-state index contributed by atoms with van der Waals surface area (Å²) < 4.78 is 0. The SMILES string of the molecule is CC(=O)N1CCCc2cc(C(=O)C(Br)C(C)C)ccc21. The highest BCUT2D eigenvalue weighted by molar-refractivity contribution is 9.10. The highest BCUT2D eigenvalue weighted by atomic mass is 79.9. The van der Waals surface area contributed by atoms with Crippen LogP contribution in [0, 0.1) is 5.92 Å². The molecule has 0 spiro atoms. The number of amides is 1. The third kappa shape index (κ3) is 2.95. The predicted octanol–water partition coefficient (Wildman–Crippen LogP) is 3.59. The largest absolute Gasteiger partial charge is 0.312 e. The molecule has 20 heavy (non-hydrogen) atoms. The summed E-state index contributed by atoms with van der Waals surface area (Å²) >= 11 is 3.46. The van der Waals surface area contributed by atoms with Crippen LogP contribution in [0.4, 0.5) is 5.69 Å². The Kier molecular flexibility index (Phi) is 4.63. The van der Waals surface area contributed by atoms with Gasteiger partial charge in [0.25, 0.3) is 0 Å². The monoisotopic (exact) mass is 337 g/mol. The standard InChI is InChI=1S/C16H20BrNO2/c1-10(2)15(17)16(20)13-6-7-14-12(9-13)5-4-8-18(14)11(3)19/h6-7,9-10,15H,4-5,8H2,1-3H3. The number of alkyl halides is 1. The molecule has 1 aromatic rings. The highest BCUT2D eigenvalue weighted by Gasteiger charge is 2.24. The fraction of sp³-hybridized carbons (Fsp3) is 0.500. The van der Waals surface area contributed by atoms with E-state index in [2.05, 4.69) is 15.9 Å². The maximum Gasteiger partial charge on any atom is 0.223 e. The van der Waals surface area contributed by atoms with Gasteiger partial charge in [-0.1, -0.05) is 29.8 Å². The first-order chi connectivity index (χ1) is 9.41. The number of ketones is 1. The molecular weight excluding hydrogens is 318 g/mol. The molecule has 1 heterocycles. The molecule has 0 radical (unpaired) electrons. The third-order valence-corrected chi connectivity index (χ3v) is 5.17. The van der Waals surface area contributed by atoms with Gasteiger partial charge in [0.05, 0.1) is 4.83 Å². The van der Waals surface area contributed by atoms with Crippen molar-refractivity contribution < 1.29 is 9.59 Å². The molecule has 108 valence electrons. The van der Waals surface area contributed by atoms with Crippen LogP contribution < -0.4 is 4.90 Å². The molecule has 0 aromatic heterocycles. The van der Waals surface area contributed by atoms with E-state index in [1.54, 1.807) is 11.8 Å². The lowest BCUT2D eigenvalue weighted by Gasteiger charge is -2.29. The Morgan fingerprint density at radius 1 is 1.30 bits per heavy atom. The zero-order valence-corrected chi connectivity index (χ0v) is 13.7. The Bertz CT molecular complexity index is 539. The van der Waals surface area contributed by atoms with Crippen LogP contribution in [0.2, 0.25) is 0 Å². The molecule has 0 fully saturated rings. The van der Waals surface area contributed by atoms with Crippen LogP contribution in [0.1, 0.15) is 43.1 Å². The number of benzene rings is 1. The summed E-state index contributed by atoms with van der Waals surface area (Å²) in [6.07, 6.45) is 1.88. The lowest BCUT2D eigenvalue weighted by Crippen LogP contribution is -2.33. The maximum atomic E-state index is 12.4. The average Bonchev–Trinajstić information content (AvgIpc) is 2.44. The van der Waals surface area contributed by atoms with Crippen LogP contribution in [0.3, 0.4) is 0 Å². The number of fused-ring (bicyclic) bond motifs is 1. The topological polar surface area (TPSA) is 37.4 Å². The summed E-state index contributed by atoms with van der Waals surface area (Å²) in [4.78, 5) is 25.6. The van der Waals surface area contributed by atoms with Crippen LogP contribution in [0.15, 0.2) is 18.2 Å². The van der Waals surface area contributed by atoms with Gasteiger partial charge in [-0.2, -0.15) is 0 Å². The van der Waals surface area contributed by atoms with Crippen LogP contribution in [0.5, 0.6) is 0 Å². The van der Waals surface area contributed by atoms with E-state index in [-0.39, 0.29) is 22.4 Å². The Hall–Kier alpha value is -1.16. The van der Waals surface area contributed by atoms with E-state index in [4.69, 9.17) is 0 Å². The Labute approximate surface area is 128 Å². The minimum Gasteiger partial charge on any atom is -0.312 e. The lowest BCUT2D eigenvalue weighted by atomic mass is 9.95. The van der Waals surface area contributed by atoms with Crippen molar-refractivity contribution in [1.82, 2.24) is 0 Å². The molecule has 0 N–H and O–H groups in total. The molecule has 1 aliphatic heterocycles. The quantitative estimate of drug-likeness (QED) is 0.624. The lowest BCUT2D eigenvalue weighted by molar-refractivity contribution is -0.116. The molecule has 1 atom stereocenters. The molecule has 4 heteroatoms. The Morgan fingerprint density at radius 3 is 2.60 bits per heavy atom. The first-order valence-corrected chi connectivity index (χ1v) is 7.92. The van der Waals surface area contributed by atoms with Crippen molar-refractivity contribution in [3.8, 4) is 0 Å². The van der Waals surface area contributed by atoms with Gasteiger partial charge in [-0.15, -0.1) is 0 Å². The second-order valence-electron chi connectivity index (χ2n) is 5.63. The molecular formula is C16H20BrNO2. The van der Waals surface area contributed by atoms with Crippen molar-refractivity contribution in [3.05, 3.63) is 29.3 Å². The number of carbonyl (C=O) groups excluding carboxylic acids is 2. The molecule has 1 aromatic carbocycles. The molecule has 2 rings (SSSR count). The van der Waals surface area contributed by atoms with Gasteiger partial charge in [0.2, 0.25) is 5.91 Å². The number of aryl methyl sites for hydroxylation is 1. The van der Waals surface area contributed by atoms with Crippen molar-refractivity contribution in [1.29, 1.82) is 0 Å². The summed E-state index contributed by atoms with van der Waals surface area (Å²) in [5.41, 5.74) is 2.78. The molecule has 0 saturated heterocycles. The van der Waals surface area contributed by atoms with Crippen molar-refractivity contribution in [2.24, 2.45) is 5.92 Å². The summed E-state index contributed by atoms with van der Waals surface area (Å²) in [7, 11) is 0. The van der Waals surface area contributed by atoms with E-state index >= 15 is 0 Å². The van der Waals surface area contributed by atoms with Crippen LogP contribution in [-0.2, 0) is 11.2 Å². The number of nitrogens with zero attached hydrogens (tertiary/aromatic N) is 1. The number of hydrogen-bond acceptors (Lipinski definition) is 2. The van der Waals surface area contributed by atoms with Crippen molar-refractivity contribution in [2.75, 3.05) is 11.4 Å². The third-order valence-electron chi connectivity index (χ3n) is 3.70. The van der Waals surface area contributed by atoms with E-state index in [0.717, 1.165) is 36.2 Å². The Balaban J connectivity index is 2.33. The molecule has 0 aliphatic carbocycles. The van der Waals surface area contributed by atoms with E-state index in [9.17, 15) is 9.59 Å². The van der Waals surface area contributed by atoms with E-state index < -0.39 is 0 Å². The molecule has 3 nitrogen and oxygen atoms in total. The molecule has 1 amide bonds. The molecule has 1 unspecified atom stereocenters. The second-order valence-corrected chi connectivity index (χ2v) is 6.61. The summed E-state index contributed by atoms with van der Waals surface area (Å²) in [6.45, 7) is 6.39. The number of hydrogen-bond donors (Lipinski definition) is 0. The van der Waals surface area contributed by atoms with Gasteiger partial charge < -0.3 is 4.90 Å². The van der Waals surface area contributed by atoms with Crippen LogP contribution in [0.25, 0.3) is 0 Å². The van der Waals surface area contributed by atoms with Gasteiger partial charge in [0, 0.05) is 24.7 Å². The van der Waals surface area contributed by atoms with Gasteiger partial charge >= 0.3 is 0 Å². The predicted molar refractivity (Wildman–Crippen MR) is 84.7 cm³/mol. The van der Waals surface area contributed by atoms with Crippen molar-refractivity contribution in [2.45, 2.75) is 38.4 Å². The summed E-state index contributed by atoms with van der Waals surface area (Å²) in [6, 6.07) is 5.69. The second kappa shape index (κ2) is 6.08. The van der Waals surface area contributed by atoms with E-state index in [0.29, 0.717) is 0 Å². The van der Waals surface area contributed by atoms with E-state index in [1.165, 1.54) is 0 Å². The summed E-state index contributed by atoms with van der Waals surface area (Å²) in [5.74, 6) is 0.431. The minimum absolute atomic E-state index is 0.0607. The fourth-order valence-electron chi connectivity index (χ4n) is 2.54. The Morgan fingerprint density at radius 2 is 2.00 bits per heavy atom. The highest BCUT2D eigenvalue weighted by Crippen LogP contribution is 2.29. The first-order valence-electron chi connectivity index (χ1n) is 7.01. The molecule has 1 aliphatic rings. The smallest absolute Gasteiger partial charge is 0.223 e. The van der Waals surface area contributed by atoms with Gasteiger partial charge in [-0.3, -0.25) is 9.59 Å². The number of carbonyl (C=O) groups is 2. The minimum atomic E-state index is -0.159. The maximum absolute atomic E-state index is 12.4. The number of anilines is 1. The van der Waals surface area contributed by atoms with Crippen LogP contribution >= 0.6 is 15.9 Å². The van der Waals surface area contributed by atoms with Gasteiger partial charge in [0.1, 0.15) is 0 Å². The van der Waals surface area contributed by atoms with Crippen LogP contribution in [-0.4, -0.2) is 23.1 Å². The zero-order valence-electron chi connectivity index (χ0n) is 12.1. The van der Waals surface area contributed by atoms with Crippen molar-refractivity contribution >= 4 is 33.3 Å². The van der Waals surface area contributed by atoms with Gasteiger partial charge in [-0.05, 0) is 42.5 Å². The fourth-order valence-corrected chi connectivity index (χ4v) is 2.80. The number of halogens is 1. The summed E-state index contributed by atoms with van der Waals surface area (Å²) in [5, 5.41) is 0.